The van der Waals surface area contributed by atoms with E-state index in [-0.39, 0.29) is 12.5 Å². The van der Waals surface area contributed by atoms with E-state index >= 15 is 0 Å². The number of carbonyl (C=O) groups excluding carboxylic acids is 1. The molecule has 0 aromatic carbocycles. The molecule has 0 unspecified atom stereocenters. The van der Waals surface area contributed by atoms with E-state index in [2.05, 4.69) is 10.1 Å². The van der Waals surface area contributed by atoms with Gasteiger partial charge in [-0.1, -0.05) is 23.8 Å². The molecule has 18 heavy (non-hydrogen) atoms. The van der Waals surface area contributed by atoms with Crippen LogP contribution in [0.25, 0.3) is 0 Å². The third-order valence-electron chi connectivity index (χ3n) is 2.03. The van der Waals surface area contributed by atoms with Gasteiger partial charge in [0.05, 0.1) is 0 Å². The molecule has 5 nitrogen and oxygen atoms in total. The number of amides is 1. The number of rotatable bonds is 7. The first kappa shape index (κ1) is 16.1. The molecule has 0 radical (unpaired) electrons. The van der Waals surface area contributed by atoms with Crippen molar-refractivity contribution in [2.75, 3.05) is 13.2 Å². The molecule has 0 spiro atoms. The minimum Gasteiger partial charge on any atom is -0.480 e. The van der Waals surface area contributed by atoms with Gasteiger partial charge in [0.2, 0.25) is 5.91 Å². The van der Waals surface area contributed by atoms with E-state index in [1.165, 1.54) is 0 Å². The molecule has 100 valence electrons. The molecule has 5 heteroatoms. The average Bonchev–Trinajstić information content (AvgIpc) is 2.33. The molecule has 0 aliphatic carbocycles. The SMILES string of the molecule is C/C=C(C)/C=C\C(=C/C)NC(=O)COCC(=O)O. The molecule has 0 aromatic rings. The van der Waals surface area contributed by atoms with Crippen molar-refractivity contribution in [1.29, 1.82) is 0 Å². The van der Waals surface area contributed by atoms with E-state index < -0.39 is 12.6 Å². The van der Waals surface area contributed by atoms with Gasteiger partial charge in [-0.2, -0.15) is 0 Å². The molecule has 0 saturated heterocycles. The molecule has 1 amide bonds. The lowest BCUT2D eigenvalue weighted by Crippen LogP contribution is -2.27. The lowest BCUT2D eigenvalue weighted by molar-refractivity contribution is -0.143. The van der Waals surface area contributed by atoms with Crippen LogP contribution in [0.1, 0.15) is 20.8 Å². The number of hydrogen-bond donors (Lipinski definition) is 2. The maximum absolute atomic E-state index is 11.4. The number of carbonyl (C=O) groups is 2. The number of carboxylic acid groups (broad SMARTS) is 1. The predicted octanol–water partition coefficient (Wildman–Crippen LogP) is 1.63. The van der Waals surface area contributed by atoms with Crippen molar-refractivity contribution in [3.63, 3.8) is 0 Å². The molecule has 0 rings (SSSR count). The third kappa shape index (κ3) is 8.29. The first-order chi connectivity index (χ1) is 8.49. The Balaban J connectivity index is 4.18. The summed E-state index contributed by atoms with van der Waals surface area (Å²) in [5.41, 5.74) is 1.71. The highest BCUT2D eigenvalue weighted by Crippen LogP contribution is 1.98. The van der Waals surface area contributed by atoms with Crippen molar-refractivity contribution in [3.05, 3.63) is 35.6 Å². The van der Waals surface area contributed by atoms with E-state index in [0.717, 1.165) is 5.57 Å². The summed E-state index contributed by atoms with van der Waals surface area (Å²) in [4.78, 5) is 21.6. The van der Waals surface area contributed by atoms with Gasteiger partial charge >= 0.3 is 5.97 Å². The molecule has 0 bridgehead atoms. The zero-order valence-electron chi connectivity index (χ0n) is 10.9. The van der Waals surface area contributed by atoms with Crippen LogP contribution in [-0.2, 0) is 14.3 Å². The molecule has 0 heterocycles. The van der Waals surface area contributed by atoms with Crippen molar-refractivity contribution < 1.29 is 19.4 Å². The van der Waals surface area contributed by atoms with Gasteiger partial charge in [0.1, 0.15) is 13.2 Å². The summed E-state index contributed by atoms with van der Waals surface area (Å²) in [5, 5.41) is 11.0. The standard InChI is InChI=1S/C13H19NO4/c1-4-10(3)6-7-11(5-2)14-12(15)8-18-9-13(16)17/h4-7H,8-9H2,1-3H3,(H,14,15)(H,16,17)/b7-6-,10-4+,11-5+. The van der Waals surface area contributed by atoms with Gasteiger partial charge in [0.15, 0.2) is 0 Å². The lowest BCUT2D eigenvalue weighted by atomic mass is 10.2. The van der Waals surface area contributed by atoms with Crippen molar-refractivity contribution in [2.45, 2.75) is 20.8 Å². The normalized spacial score (nSPS) is 12.8. The zero-order chi connectivity index (χ0) is 14.0. The Morgan fingerprint density at radius 1 is 1.17 bits per heavy atom. The fourth-order valence-corrected chi connectivity index (χ4v) is 0.956. The quantitative estimate of drug-likeness (QED) is 0.676. The van der Waals surface area contributed by atoms with Crippen LogP contribution in [0.15, 0.2) is 35.6 Å². The summed E-state index contributed by atoms with van der Waals surface area (Å²) in [6.45, 7) is 4.91. The van der Waals surface area contributed by atoms with E-state index in [0.29, 0.717) is 5.70 Å². The Kier molecular flexibility index (Phi) is 8.22. The largest absolute Gasteiger partial charge is 0.480 e. The maximum atomic E-state index is 11.4. The molecule has 0 atom stereocenters. The minimum absolute atomic E-state index is 0.278. The molecule has 0 fully saturated rings. The van der Waals surface area contributed by atoms with Gasteiger partial charge in [-0.05, 0) is 26.8 Å². The Hall–Kier alpha value is -1.88. The van der Waals surface area contributed by atoms with Crippen molar-refractivity contribution in [1.82, 2.24) is 5.32 Å². The average molecular weight is 253 g/mol. The van der Waals surface area contributed by atoms with Crippen LogP contribution in [0.5, 0.6) is 0 Å². The van der Waals surface area contributed by atoms with Crippen LogP contribution >= 0.6 is 0 Å². The third-order valence-corrected chi connectivity index (χ3v) is 2.03. The molecule has 2 N–H and O–H groups in total. The van der Waals surface area contributed by atoms with Gasteiger partial charge in [0.25, 0.3) is 0 Å². The molecule has 0 aliphatic rings. The van der Waals surface area contributed by atoms with Crippen LogP contribution in [0.2, 0.25) is 0 Å². The topological polar surface area (TPSA) is 75.6 Å². The van der Waals surface area contributed by atoms with Crippen molar-refractivity contribution in [2.24, 2.45) is 0 Å². The molecular weight excluding hydrogens is 234 g/mol. The number of ether oxygens (including phenoxy) is 1. The van der Waals surface area contributed by atoms with Gasteiger partial charge in [0, 0.05) is 5.70 Å². The molecule has 0 aliphatic heterocycles. The highest BCUT2D eigenvalue weighted by Gasteiger charge is 2.04. The van der Waals surface area contributed by atoms with Crippen molar-refractivity contribution >= 4 is 11.9 Å². The van der Waals surface area contributed by atoms with Crippen LogP contribution in [0.4, 0.5) is 0 Å². The van der Waals surface area contributed by atoms with E-state index in [1.54, 1.807) is 19.1 Å². The summed E-state index contributed by atoms with van der Waals surface area (Å²) in [5.74, 6) is -1.48. The second-order valence-electron chi connectivity index (χ2n) is 3.54. The number of nitrogens with one attached hydrogen (secondary N) is 1. The summed E-state index contributed by atoms with van der Waals surface area (Å²) in [7, 11) is 0. The second kappa shape index (κ2) is 9.18. The number of aliphatic carboxylic acids is 1. The number of carboxylic acids is 1. The predicted molar refractivity (Wildman–Crippen MR) is 68.9 cm³/mol. The van der Waals surface area contributed by atoms with Crippen LogP contribution in [0, 0.1) is 0 Å². The smallest absolute Gasteiger partial charge is 0.329 e. The minimum atomic E-state index is -1.10. The lowest BCUT2D eigenvalue weighted by Gasteiger charge is -2.05. The first-order valence-corrected chi connectivity index (χ1v) is 5.56. The van der Waals surface area contributed by atoms with Gasteiger partial charge in [-0.15, -0.1) is 0 Å². The van der Waals surface area contributed by atoms with Crippen molar-refractivity contribution in [3.8, 4) is 0 Å². The Morgan fingerprint density at radius 3 is 2.33 bits per heavy atom. The van der Waals surface area contributed by atoms with Gasteiger partial charge in [-0.25, -0.2) is 4.79 Å². The summed E-state index contributed by atoms with van der Waals surface area (Å²) in [6, 6.07) is 0. The number of allylic oxidation sites excluding steroid dienone is 5. The van der Waals surface area contributed by atoms with E-state index in [9.17, 15) is 9.59 Å². The zero-order valence-corrected chi connectivity index (χ0v) is 10.9. The van der Waals surface area contributed by atoms with Crippen LogP contribution in [-0.4, -0.2) is 30.2 Å². The van der Waals surface area contributed by atoms with E-state index in [1.807, 2.05) is 26.0 Å². The summed E-state index contributed by atoms with van der Waals surface area (Å²) >= 11 is 0. The molecule has 0 saturated carbocycles. The highest BCUT2D eigenvalue weighted by molar-refractivity contribution is 5.80. The van der Waals surface area contributed by atoms with E-state index in [4.69, 9.17) is 5.11 Å². The highest BCUT2D eigenvalue weighted by atomic mass is 16.5. The Morgan fingerprint density at radius 2 is 1.83 bits per heavy atom. The summed E-state index contributed by atoms with van der Waals surface area (Å²) < 4.78 is 4.67. The molecular formula is C13H19NO4. The Bertz CT molecular complexity index is 380. The monoisotopic (exact) mass is 253 g/mol. The van der Waals surface area contributed by atoms with Crippen LogP contribution in [0.3, 0.4) is 0 Å². The molecule has 0 aromatic heterocycles. The fourth-order valence-electron chi connectivity index (χ4n) is 0.956. The fraction of sp³-hybridized carbons (Fsp3) is 0.385. The van der Waals surface area contributed by atoms with Gasteiger partial charge < -0.3 is 15.2 Å². The van der Waals surface area contributed by atoms with Crippen LogP contribution < -0.4 is 5.32 Å². The maximum Gasteiger partial charge on any atom is 0.329 e. The Labute approximate surface area is 107 Å². The summed E-state index contributed by atoms with van der Waals surface area (Å²) in [6.07, 6.45) is 7.33. The first-order valence-electron chi connectivity index (χ1n) is 5.56. The van der Waals surface area contributed by atoms with Gasteiger partial charge in [-0.3, -0.25) is 4.79 Å². The number of hydrogen-bond acceptors (Lipinski definition) is 3. The second-order valence-corrected chi connectivity index (χ2v) is 3.54.